The minimum absolute atomic E-state index is 0.234. The Morgan fingerprint density at radius 2 is 1.76 bits per heavy atom. The van der Waals surface area contributed by atoms with Gasteiger partial charge in [0, 0.05) is 20.3 Å². The second kappa shape index (κ2) is 11.0. The van der Waals surface area contributed by atoms with Crippen LogP contribution in [-0.2, 0) is 14.6 Å². The van der Waals surface area contributed by atoms with Crippen molar-refractivity contribution < 1.29 is 13.2 Å². The van der Waals surface area contributed by atoms with Crippen molar-refractivity contribution in [3.05, 3.63) is 0 Å². The fourth-order valence-electron chi connectivity index (χ4n) is 1.55. The van der Waals surface area contributed by atoms with Crippen LogP contribution in [0.3, 0.4) is 0 Å². The summed E-state index contributed by atoms with van der Waals surface area (Å²) in [5.41, 5.74) is 0. The molecule has 0 radical (unpaired) electrons. The van der Waals surface area contributed by atoms with Gasteiger partial charge in [-0.05, 0) is 19.4 Å². The summed E-state index contributed by atoms with van der Waals surface area (Å²) in [6.45, 7) is 4.19. The van der Waals surface area contributed by atoms with E-state index in [1.165, 1.54) is 19.3 Å². The highest BCUT2D eigenvalue weighted by molar-refractivity contribution is 7.91. The summed E-state index contributed by atoms with van der Waals surface area (Å²) >= 11 is 0. The minimum Gasteiger partial charge on any atom is -0.385 e. The average Bonchev–Trinajstić information content (AvgIpc) is 2.28. The van der Waals surface area contributed by atoms with E-state index in [4.69, 9.17) is 4.74 Å². The second-order valence-corrected chi connectivity index (χ2v) is 6.61. The number of nitrogens with one attached hydrogen (secondary N) is 1. The predicted molar refractivity (Wildman–Crippen MR) is 72.2 cm³/mol. The molecule has 0 aliphatic carbocycles. The Morgan fingerprint density at radius 1 is 1.00 bits per heavy atom. The van der Waals surface area contributed by atoms with Crippen molar-refractivity contribution in [2.45, 2.75) is 39.0 Å². The molecule has 0 aliphatic rings. The Hall–Kier alpha value is -0.130. The third kappa shape index (κ3) is 12.1. The molecule has 0 bridgehead atoms. The summed E-state index contributed by atoms with van der Waals surface area (Å²) in [6.07, 6.45) is 5.45. The number of ether oxygens (including phenoxy) is 1. The fraction of sp³-hybridized carbons (Fsp3) is 1.00. The molecule has 104 valence electrons. The smallest absolute Gasteiger partial charge is 0.151 e. The van der Waals surface area contributed by atoms with Gasteiger partial charge in [0.2, 0.25) is 0 Å². The van der Waals surface area contributed by atoms with E-state index in [2.05, 4.69) is 12.2 Å². The number of unbranched alkanes of at least 4 members (excludes halogenated alkanes) is 3. The average molecular weight is 265 g/mol. The molecule has 0 spiro atoms. The lowest BCUT2D eigenvalue weighted by Crippen LogP contribution is -2.25. The normalized spacial score (nSPS) is 11.9. The van der Waals surface area contributed by atoms with E-state index in [1.807, 2.05) is 0 Å². The van der Waals surface area contributed by atoms with Crippen LogP contribution in [0.1, 0.15) is 39.0 Å². The Morgan fingerprint density at radius 3 is 2.41 bits per heavy atom. The van der Waals surface area contributed by atoms with E-state index < -0.39 is 9.84 Å². The molecular formula is C12H27NO3S. The van der Waals surface area contributed by atoms with Crippen LogP contribution in [0.4, 0.5) is 0 Å². The number of hydrogen-bond acceptors (Lipinski definition) is 4. The number of sulfone groups is 1. The van der Waals surface area contributed by atoms with Gasteiger partial charge < -0.3 is 10.1 Å². The molecule has 0 saturated carbocycles. The van der Waals surface area contributed by atoms with E-state index >= 15 is 0 Å². The number of methoxy groups -OCH3 is 1. The van der Waals surface area contributed by atoms with E-state index in [1.54, 1.807) is 7.11 Å². The molecule has 1 N–H and O–H groups in total. The van der Waals surface area contributed by atoms with Crippen molar-refractivity contribution in [2.75, 3.05) is 38.3 Å². The molecule has 0 heterocycles. The first-order valence-electron chi connectivity index (χ1n) is 6.52. The topological polar surface area (TPSA) is 55.4 Å². The number of hydrogen-bond donors (Lipinski definition) is 1. The Kier molecular flexibility index (Phi) is 10.9. The van der Waals surface area contributed by atoms with Crippen LogP contribution in [0.5, 0.6) is 0 Å². The summed E-state index contributed by atoms with van der Waals surface area (Å²) in [6, 6.07) is 0. The molecule has 4 nitrogen and oxygen atoms in total. The molecule has 0 unspecified atom stereocenters. The SMILES string of the molecule is CCCCCCNCCS(=O)(=O)CCCOC. The summed E-state index contributed by atoms with van der Waals surface area (Å²) in [4.78, 5) is 0. The monoisotopic (exact) mass is 265 g/mol. The fourth-order valence-corrected chi connectivity index (χ4v) is 2.77. The molecular weight excluding hydrogens is 238 g/mol. The van der Waals surface area contributed by atoms with Crippen LogP contribution in [-0.4, -0.2) is 46.7 Å². The van der Waals surface area contributed by atoms with Crippen LogP contribution in [0.2, 0.25) is 0 Å². The van der Waals surface area contributed by atoms with Gasteiger partial charge in [0.25, 0.3) is 0 Å². The van der Waals surface area contributed by atoms with Crippen LogP contribution in [0, 0.1) is 0 Å². The van der Waals surface area contributed by atoms with Crippen molar-refractivity contribution in [3.8, 4) is 0 Å². The van der Waals surface area contributed by atoms with E-state index in [0.29, 0.717) is 19.6 Å². The quantitative estimate of drug-likeness (QED) is 0.545. The van der Waals surface area contributed by atoms with E-state index in [0.717, 1.165) is 13.0 Å². The first-order chi connectivity index (χ1) is 8.12. The maximum Gasteiger partial charge on any atom is 0.151 e. The zero-order valence-electron chi connectivity index (χ0n) is 11.2. The highest BCUT2D eigenvalue weighted by atomic mass is 32.2. The van der Waals surface area contributed by atoms with Crippen molar-refractivity contribution in [1.29, 1.82) is 0 Å². The van der Waals surface area contributed by atoms with Crippen LogP contribution >= 0.6 is 0 Å². The van der Waals surface area contributed by atoms with Gasteiger partial charge in [0.15, 0.2) is 9.84 Å². The third-order valence-electron chi connectivity index (χ3n) is 2.60. The van der Waals surface area contributed by atoms with E-state index in [-0.39, 0.29) is 11.5 Å². The highest BCUT2D eigenvalue weighted by Crippen LogP contribution is 1.97. The molecule has 0 saturated heterocycles. The maximum atomic E-state index is 11.5. The lowest BCUT2D eigenvalue weighted by molar-refractivity contribution is 0.199. The van der Waals surface area contributed by atoms with Crippen LogP contribution in [0.15, 0.2) is 0 Å². The van der Waals surface area contributed by atoms with Crippen molar-refractivity contribution in [1.82, 2.24) is 5.32 Å². The minimum atomic E-state index is -2.89. The van der Waals surface area contributed by atoms with Gasteiger partial charge in [-0.2, -0.15) is 0 Å². The summed E-state index contributed by atoms with van der Waals surface area (Å²) in [7, 11) is -1.31. The standard InChI is InChI=1S/C12H27NO3S/c1-3-4-5-6-8-13-9-12-17(14,15)11-7-10-16-2/h13H,3-12H2,1-2H3. The molecule has 0 atom stereocenters. The van der Waals surface area contributed by atoms with Crippen molar-refractivity contribution in [3.63, 3.8) is 0 Å². The molecule has 0 aromatic rings. The van der Waals surface area contributed by atoms with Gasteiger partial charge in [-0.3, -0.25) is 0 Å². The molecule has 0 aromatic carbocycles. The van der Waals surface area contributed by atoms with Crippen molar-refractivity contribution >= 4 is 9.84 Å². The predicted octanol–water partition coefficient (Wildman–Crippen LogP) is 1.61. The first-order valence-corrected chi connectivity index (χ1v) is 8.34. The second-order valence-electron chi connectivity index (χ2n) is 4.31. The number of rotatable bonds is 12. The lowest BCUT2D eigenvalue weighted by atomic mass is 10.2. The Bertz CT molecular complexity index is 252. The van der Waals surface area contributed by atoms with E-state index in [9.17, 15) is 8.42 Å². The molecule has 17 heavy (non-hydrogen) atoms. The summed E-state index contributed by atoms with van der Waals surface area (Å²) in [5, 5.41) is 3.18. The van der Waals surface area contributed by atoms with Gasteiger partial charge in [0.1, 0.15) is 0 Å². The summed E-state index contributed by atoms with van der Waals surface area (Å²) < 4.78 is 27.9. The van der Waals surface area contributed by atoms with Gasteiger partial charge in [-0.15, -0.1) is 0 Å². The van der Waals surface area contributed by atoms with Crippen molar-refractivity contribution in [2.24, 2.45) is 0 Å². The molecule has 0 amide bonds. The molecule has 0 fully saturated rings. The Balaban J connectivity index is 3.39. The Labute approximate surface area is 106 Å². The zero-order valence-corrected chi connectivity index (χ0v) is 12.0. The zero-order chi connectivity index (χ0) is 13.0. The molecule has 0 aromatic heterocycles. The lowest BCUT2D eigenvalue weighted by Gasteiger charge is -2.06. The molecule has 0 rings (SSSR count). The summed E-state index contributed by atoms with van der Waals surface area (Å²) in [5.74, 6) is 0.475. The first kappa shape index (κ1) is 16.9. The van der Waals surface area contributed by atoms with Crippen LogP contribution < -0.4 is 5.32 Å². The molecule has 0 aliphatic heterocycles. The maximum absolute atomic E-state index is 11.5. The van der Waals surface area contributed by atoms with Gasteiger partial charge in [-0.1, -0.05) is 26.2 Å². The third-order valence-corrected chi connectivity index (χ3v) is 4.34. The van der Waals surface area contributed by atoms with Gasteiger partial charge in [-0.25, -0.2) is 8.42 Å². The van der Waals surface area contributed by atoms with Gasteiger partial charge in [0.05, 0.1) is 11.5 Å². The highest BCUT2D eigenvalue weighted by Gasteiger charge is 2.09. The molecule has 5 heteroatoms. The van der Waals surface area contributed by atoms with Gasteiger partial charge >= 0.3 is 0 Å². The van der Waals surface area contributed by atoms with Crippen LogP contribution in [0.25, 0.3) is 0 Å². The largest absolute Gasteiger partial charge is 0.385 e.